The molecule has 4 nitrogen and oxygen atoms in total. The van der Waals surface area contributed by atoms with Crippen molar-refractivity contribution in [2.75, 3.05) is 20.3 Å². The second kappa shape index (κ2) is 8.79. The zero-order valence-electron chi connectivity index (χ0n) is 10.5. The van der Waals surface area contributed by atoms with E-state index in [0.29, 0.717) is 12.0 Å². The molecular weight excluding hydrogens is 278 g/mol. The summed E-state index contributed by atoms with van der Waals surface area (Å²) in [6.45, 7) is 0.388. The lowest BCUT2D eigenvalue weighted by atomic mass is 10.1. The predicted molar refractivity (Wildman–Crippen MR) is 70.2 cm³/mol. The SMILES string of the molecule is COCC(N)C(=O)NCCc1cc(F)cc(F)c1.Cl. The fraction of sp³-hybridized carbons (Fsp3) is 0.417. The van der Waals surface area contributed by atoms with E-state index < -0.39 is 17.7 Å². The first-order valence-electron chi connectivity index (χ1n) is 5.50. The maximum absolute atomic E-state index is 12.9. The number of amides is 1. The molecule has 7 heteroatoms. The molecule has 0 aliphatic carbocycles. The van der Waals surface area contributed by atoms with Gasteiger partial charge >= 0.3 is 0 Å². The second-order valence-corrected chi connectivity index (χ2v) is 3.88. The smallest absolute Gasteiger partial charge is 0.239 e. The van der Waals surface area contributed by atoms with Gasteiger partial charge in [0, 0.05) is 19.7 Å². The van der Waals surface area contributed by atoms with Crippen LogP contribution < -0.4 is 11.1 Å². The lowest BCUT2D eigenvalue weighted by Crippen LogP contribution is -2.44. The number of hydrogen-bond donors (Lipinski definition) is 2. The van der Waals surface area contributed by atoms with E-state index in [1.165, 1.54) is 19.2 Å². The molecule has 0 radical (unpaired) electrons. The van der Waals surface area contributed by atoms with Crippen LogP contribution in [0.5, 0.6) is 0 Å². The van der Waals surface area contributed by atoms with E-state index in [1.807, 2.05) is 0 Å². The maximum atomic E-state index is 12.9. The van der Waals surface area contributed by atoms with Crippen LogP contribution in [0.2, 0.25) is 0 Å². The predicted octanol–water partition coefficient (Wildman–Crippen LogP) is 1.02. The zero-order chi connectivity index (χ0) is 13.5. The minimum atomic E-state index is -0.737. The summed E-state index contributed by atoms with van der Waals surface area (Å²) in [5.74, 6) is -1.62. The first kappa shape index (κ1) is 17.8. The lowest BCUT2D eigenvalue weighted by molar-refractivity contribution is -0.123. The fourth-order valence-electron chi connectivity index (χ4n) is 1.47. The van der Waals surface area contributed by atoms with Gasteiger partial charge in [0.15, 0.2) is 0 Å². The molecule has 0 saturated heterocycles. The molecule has 1 rings (SSSR count). The van der Waals surface area contributed by atoms with E-state index in [1.54, 1.807) is 0 Å². The lowest BCUT2D eigenvalue weighted by Gasteiger charge is -2.11. The molecule has 0 spiro atoms. The number of methoxy groups -OCH3 is 1. The molecule has 0 aromatic heterocycles. The van der Waals surface area contributed by atoms with Crippen LogP contribution in [-0.2, 0) is 16.0 Å². The third-order valence-electron chi connectivity index (χ3n) is 2.32. The molecule has 0 bridgehead atoms. The maximum Gasteiger partial charge on any atom is 0.239 e. The number of rotatable bonds is 6. The molecule has 0 aliphatic rings. The minimum absolute atomic E-state index is 0. The molecule has 1 unspecified atom stereocenters. The number of hydrogen-bond acceptors (Lipinski definition) is 3. The molecule has 1 amide bonds. The Kier molecular flexibility index (Phi) is 8.22. The van der Waals surface area contributed by atoms with E-state index in [2.05, 4.69) is 5.32 Å². The van der Waals surface area contributed by atoms with Gasteiger partial charge in [-0.3, -0.25) is 4.79 Å². The van der Waals surface area contributed by atoms with Crippen LogP contribution >= 0.6 is 12.4 Å². The topological polar surface area (TPSA) is 64.3 Å². The fourth-order valence-corrected chi connectivity index (χ4v) is 1.47. The number of nitrogens with one attached hydrogen (secondary N) is 1. The van der Waals surface area contributed by atoms with Crippen molar-refractivity contribution in [1.29, 1.82) is 0 Å². The van der Waals surface area contributed by atoms with Gasteiger partial charge < -0.3 is 15.8 Å². The van der Waals surface area contributed by atoms with E-state index in [0.717, 1.165) is 6.07 Å². The molecule has 1 aromatic rings. The van der Waals surface area contributed by atoms with Crippen LogP contribution in [0.3, 0.4) is 0 Å². The van der Waals surface area contributed by atoms with Gasteiger partial charge in [-0.1, -0.05) is 0 Å². The quantitative estimate of drug-likeness (QED) is 0.823. The first-order valence-corrected chi connectivity index (χ1v) is 5.50. The van der Waals surface area contributed by atoms with Crippen LogP contribution in [0.1, 0.15) is 5.56 Å². The van der Waals surface area contributed by atoms with Crippen LogP contribution in [0.25, 0.3) is 0 Å². The number of halogens is 3. The summed E-state index contributed by atoms with van der Waals surface area (Å²) in [7, 11) is 1.45. The van der Waals surface area contributed by atoms with Crippen molar-refractivity contribution >= 4 is 18.3 Å². The highest BCUT2D eigenvalue weighted by molar-refractivity contribution is 5.85. The van der Waals surface area contributed by atoms with Gasteiger partial charge in [0.1, 0.15) is 17.7 Å². The Morgan fingerprint density at radius 1 is 1.37 bits per heavy atom. The summed E-state index contributed by atoms with van der Waals surface area (Å²) in [5.41, 5.74) is 5.98. The summed E-state index contributed by atoms with van der Waals surface area (Å²) >= 11 is 0. The van der Waals surface area contributed by atoms with Gasteiger partial charge in [-0.05, 0) is 24.1 Å². The van der Waals surface area contributed by atoms with Crippen LogP contribution in [0.4, 0.5) is 8.78 Å². The number of carbonyl (C=O) groups excluding carboxylic acids is 1. The molecule has 0 heterocycles. The summed E-state index contributed by atoms with van der Waals surface area (Å²) in [6.07, 6.45) is 0.333. The van der Waals surface area contributed by atoms with E-state index in [-0.39, 0.29) is 31.5 Å². The average Bonchev–Trinajstić information content (AvgIpc) is 2.27. The molecule has 0 saturated carbocycles. The Balaban J connectivity index is 0.00000324. The van der Waals surface area contributed by atoms with Crippen LogP contribution in [-0.4, -0.2) is 32.2 Å². The molecule has 108 valence electrons. The number of benzene rings is 1. The molecule has 19 heavy (non-hydrogen) atoms. The van der Waals surface area contributed by atoms with Crippen molar-refractivity contribution in [3.05, 3.63) is 35.4 Å². The monoisotopic (exact) mass is 294 g/mol. The Labute approximate surface area is 116 Å². The van der Waals surface area contributed by atoms with Gasteiger partial charge in [0.05, 0.1) is 6.61 Å². The second-order valence-electron chi connectivity index (χ2n) is 3.88. The van der Waals surface area contributed by atoms with Crippen LogP contribution in [0.15, 0.2) is 18.2 Å². The van der Waals surface area contributed by atoms with Crippen molar-refractivity contribution in [2.24, 2.45) is 5.73 Å². The average molecular weight is 295 g/mol. The summed E-state index contributed by atoms with van der Waals surface area (Å²) < 4.78 is 30.5. The van der Waals surface area contributed by atoms with Gasteiger partial charge in [0.2, 0.25) is 5.91 Å². The highest BCUT2D eigenvalue weighted by Crippen LogP contribution is 2.08. The highest BCUT2D eigenvalue weighted by Gasteiger charge is 2.12. The molecule has 1 aromatic carbocycles. The zero-order valence-corrected chi connectivity index (χ0v) is 11.3. The molecule has 1 atom stereocenters. The first-order chi connectivity index (χ1) is 8.52. The summed E-state index contributed by atoms with van der Waals surface area (Å²) in [6, 6.07) is 2.52. The van der Waals surface area contributed by atoms with Crippen molar-refractivity contribution in [3.63, 3.8) is 0 Å². The molecular formula is C12H17ClF2N2O2. The van der Waals surface area contributed by atoms with Gasteiger partial charge in [-0.2, -0.15) is 0 Å². The van der Waals surface area contributed by atoms with Crippen molar-refractivity contribution in [3.8, 4) is 0 Å². The molecule has 0 fully saturated rings. The van der Waals surface area contributed by atoms with Gasteiger partial charge in [-0.25, -0.2) is 8.78 Å². The molecule has 3 N–H and O–H groups in total. The van der Waals surface area contributed by atoms with Crippen LogP contribution in [0, 0.1) is 11.6 Å². The Hall–Kier alpha value is -1.24. The van der Waals surface area contributed by atoms with E-state index in [9.17, 15) is 13.6 Å². The van der Waals surface area contributed by atoms with Crippen molar-refractivity contribution in [1.82, 2.24) is 5.32 Å². The van der Waals surface area contributed by atoms with Crippen molar-refractivity contribution in [2.45, 2.75) is 12.5 Å². The largest absolute Gasteiger partial charge is 0.383 e. The third kappa shape index (κ3) is 6.47. The third-order valence-corrected chi connectivity index (χ3v) is 2.32. The number of nitrogens with two attached hydrogens (primary N) is 1. The number of ether oxygens (including phenoxy) is 1. The van der Waals surface area contributed by atoms with Gasteiger partial charge in [-0.15, -0.1) is 12.4 Å². The van der Waals surface area contributed by atoms with E-state index in [4.69, 9.17) is 10.5 Å². The summed E-state index contributed by atoms with van der Waals surface area (Å²) in [5, 5.41) is 2.57. The number of carbonyl (C=O) groups is 1. The molecule has 0 aliphatic heterocycles. The Morgan fingerprint density at radius 3 is 2.47 bits per heavy atom. The normalized spacial score (nSPS) is 11.6. The Bertz CT molecular complexity index is 398. The van der Waals surface area contributed by atoms with Crippen molar-refractivity contribution < 1.29 is 18.3 Å². The standard InChI is InChI=1S/C12H16F2N2O2.ClH/c1-18-7-11(15)12(17)16-3-2-8-4-9(13)6-10(14)5-8;/h4-6,11H,2-3,7,15H2,1H3,(H,16,17);1H. The van der Waals surface area contributed by atoms with Gasteiger partial charge in [0.25, 0.3) is 0 Å². The highest BCUT2D eigenvalue weighted by atomic mass is 35.5. The van der Waals surface area contributed by atoms with E-state index >= 15 is 0 Å². The minimum Gasteiger partial charge on any atom is -0.383 e. The Morgan fingerprint density at radius 2 is 1.95 bits per heavy atom. The summed E-state index contributed by atoms with van der Waals surface area (Å²) in [4.78, 5) is 11.4.